The van der Waals surface area contributed by atoms with Crippen molar-refractivity contribution in [2.45, 2.75) is 6.04 Å². The van der Waals surface area contributed by atoms with Crippen LogP contribution in [0.3, 0.4) is 0 Å². The summed E-state index contributed by atoms with van der Waals surface area (Å²) in [6.45, 7) is 0. The summed E-state index contributed by atoms with van der Waals surface area (Å²) in [5.74, 6) is -0.354. The van der Waals surface area contributed by atoms with Crippen LogP contribution in [0.2, 0.25) is 10.0 Å². The van der Waals surface area contributed by atoms with Crippen LogP contribution >= 0.6 is 39.1 Å². The van der Waals surface area contributed by atoms with E-state index >= 15 is 0 Å². The molecule has 2 aromatic rings. The summed E-state index contributed by atoms with van der Waals surface area (Å²) in [4.78, 5) is 0. The van der Waals surface area contributed by atoms with E-state index in [4.69, 9.17) is 28.9 Å². The maximum absolute atomic E-state index is 13.3. The highest BCUT2D eigenvalue weighted by atomic mass is 79.9. The van der Waals surface area contributed by atoms with Crippen LogP contribution < -0.4 is 5.73 Å². The molecule has 0 heterocycles. The number of halogens is 4. The third kappa shape index (κ3) is 2.86. The fraction of sp³-hybridized carbons (Fsp3) is 0.0769. The third-order valence-corrected chi connectivity index (χ3v) is 3.85. The Labute approximate surface area is 123 Å². The van der Waals surface area contributed by atoms with E-state index in [0.29, 0.717) is 25.6 Å². The quantitative estimate of drug-likeness (QED) is 0.816. The molecule has 1 nitrogen and oxygen atoms in total. The summed E-state index contributed by atoms with van der Waals surface area (Å²) in [7, 11) is 0. The second-order valence-electron chi connectivity index (χ2n) is 3.82. The normalized spacial score (nSPS) is 12.5. The van der Waals surface area contributed by atoms with Crippen LogP contribution in [0.5, 0.6) is 0 Å². The summed E-state index contributed by atoms with van der Waals surface area (Å²) < 4.78 is 14.0. The van der Waals surface area contributed by atoms with Crippen LogP contribution in [0.4, 0.5) is 4.39 Å². The second kappa shape index (κ2) is 5.57. The molecule has 0 saturated heterocycles. The smallest absolute Gasteiger partial charge is 0.124 e. The molecule has 2 rings (SSSR count). The van der Waals surface area contributed by atoms with Crippen molar-refractivity contribution >= 4 is 39.1 Å². The Morgan fingerprint density at radius 3 is 2.56 bits per heavy atom. The van der Waals surface area contributed by atoms with E-state index in [1.807, 2.05) is 0 Å². The van der Waals surface area contributed by atoms with Crippen molar-refractivity contribution in [2.24, 2.45) is 5.73 Å². The van der Waals surface area contributed by atoms with Gasteiger partial charge in [0.25, 0.3) is 0 Å². The Morgan fingerprint density at radius 2 is 1.89 bits per heavy atom. The summed E-state index contributed by atoms with van der Waals surface area (Å²) >= 11 is 15.3. The van der Waals surface area contributed by atoms with Crippen LogP contribution in [0.15, 0.2) is 40.9 Å². The maximum atomic E-state index is 13.3. The van der Waals surface area contributed by atoms with E-state index in [-0.39, 0.29) is 5.82 Å². The summed E-state index contributed by atoms with van der Waals surface area (Å²) in [5, 5.41) is 0.826. The van der Waals surface area contributed by atoms with Gasteiger partial charge in [-0.1, -0.05) is 51.3 Å². The van der Waals surface area contributed by atoms with Gasteiger partial charge in [0.15, 0.2) is 0 Å². The first kappa shape index (κ1) is 13.8. The Hall–Kier alpha value is -0.610. The van der Waals surface area contributed by atoms with Crippen LogP contribution in [0.1, 0.15) is 17.2 Å². The molecule has 1 atom stereocenters. The van der Waals surface area contributed by atoms with Crippen molar-refractivity contribution in [3.8, 4) is 0 Å². The highest BCUT2D eigenvalue weighted by Crippen LogP contribution is 2.32. The number of hydrogen-bond donors (Lipinski definition) is 1. The fourth-order valence-corrected chi connectivity index (χ4v) is 2.60. The van der Waals surface area contributed by atoms with E-state index in [1.54, 1.807) is 24.3 Å². The molecule has 2 N–H and O–H groups in total. The Kier molecular flexibility index (Phi) is 4.28. The van der Waals surface area contributed by atoms with Crippen LogP contribution in [-0.4, -0.2) is 0 Å². The molecule has 0 spiro atoms. The van der Waals surface area contributed by atoms with Gasteiger partial charge < -0.3 is 5.73 Å². The molecule has 5 heteroatoms. The van der Waals surface area contributed by atoms with Gasteiger partial charge in [0.1, 0.15) is 5.82 Å². The molecule has 0 fully saturated rings. The van der Waals surface area contributed by atoms with Crippen molar-refractivity contribution in [1.82, 2.24) is 0 Å². The molecule has 18 heavy (non-hydrogen) atoms. The van der Waals surface area contributed by atoms with E-state index in [9.17, 15) is 4.39 Å². The molecule has 1 unspecified atom stereocenters. The van der Waals surface area contributed by atoms with Crippen LogP contribution in [0, 0.1) is 5.82 Å². The van der Waals surface area contributed by atoms with E-state index in [0.717, 1.165) is 0 Å². The predicted molar refractivity (Wildman–Crippen MR) is 76.6 cm³/mol. The zero-order valence-corrected chi connectivity index (χ0v) is 12.2. The summed E-state index contributed by atoms with van der Waals surface area (Å²) in [6.07, 6.45) is 0. The average Bonchev–Trinajstić information content (AvgIpc) is 2.30. The molecule has 0 aliphatic heterocycles. The lowest BCUT2D eigenvalue weighted by Crippen LogP contribution is -2.12. The number of nitrogens with two attached hydrogens (primary N) is 1. The van der Waals surface area contributed by atoms with Crippen LogP contribution in [-0.2, 0) is 0 Å². The molecule has 0 aliphatic rings. The molecular weight excluding hydrogens is 340 g/mol. The van der Waals surface area contributed by atoms with Gasteiger partial charge in [-0.05, 0) is 35.4 Å². The zero-order valence-electron chi connectivity index (χ0n) is 9.13. The van der Waals surface area contributed by atoms with Gasteiger partial charge in [-0.15, -0.1) is 0 Å². The van der Waals surface area contributed by atoms with E-state index in [1.165, 1.54) is 12.1 Å². The first-order chi connectivity index (χ1) is 8.49. The monoisotopic (exact) mass is 347 g/mol. The lowest BCUT2D eigenvalue weighted by molar-refractivity contribution is 0.622. The molecule has 2 aromatic carbocycles. The standard InChI is InChI=1S/C13H9BrCl2FN/c14-8-4-7(5-9(17)6-8)13(18)10-2-1-3-11(15)12(10)16/h1-6,13H,18H2. The first-order valence-electron chi connectivity index (χ1n) is 5.14. The van der Waals surface area contributed by atoms with Crippen molar-refractivity contribution in [3.05, 3.63) is 67.9 Å². The highest BCUT2D eigenvalue weighted by Gasteiger charge is 2.15. The fourth-order valence-electron chi connectivity index (χ4n) is 1.69. The third-order valence-electron chi connectivity index (χ3n) is 2.56. The second-order valence-corrected chi connectivity index (χ2v) is 5.52. The molecule has 0 amide bonds. The maximum Gasteiger partial charge on any atom is 0.124 e. The van der Waals surface area contributed by atoms with E-state index in [2.05, 4.69) is 15.9 Å². The van der Waals surface area contributed by atoms with Gasteiger partial charge in [0.2, 0.25) is 0 Å². The first-order valence-corrected chi connectivity index (χ1v) is 6.69. The Bertz CT molecular complexity index is 569. The number of hydrogen-bond acceptors (Lipinski definition) is 1. The predicted octanol–water partition coefficient (Wildman–Crippen LogP) is 4.94. The molecule has 0 saturated carbocycles. The van der Waals surface area contributed by atoms with Gasteiger partial charge in [-0.25, -0.2) is 4.39 Å². The molecule has 0 aromatic heterocycles. The van der Waals surface area contributed by atoms with Gasteiger partial charge >= 0.3 is 0 Å². The van der Waals surface area contributed by atoms with Crippen molar-refractivity contribution in [3.63, 3.8) is 0 Å². The topological polar surface area (TPSA) is 26.0 Å². The molecule has 0 radical (unpaired) electrons. The van der Waals surface area contributed by atoms with Crippen LogP contribution in [0.25, 0.3) is 0 Å². The van der Waals surface area contributed by atoms with Gasteiger partial charge in [0.05, 0.1) is 16.1 Å². The zero-order chi connectivity index (χ0) is 13.3. The number of rotatable bonds is 2. The lowest BCUT2D eigenvalue weighted by Gasteiger charge is -2.15. The van der Waals surface area contributed by atoms with Gasteiger partial charge in [-0.2, -0.15) is 0 Å². The Morgan fingerprint density at radius 1 is 1.17 bits per heavy atom. The molecular formula is C13H9BrCl2FN. The molecule has 0 bridgehead atoms. The molecule has 0 aliphatic carbocycles. The van der Waals surface area contributed by atoms with Gasteiger partial charge in [-0.3, -0.25) is 0 Å². The average molecular weight is 349 g/mol. The summed E-state index contributed by atoms with van der Waals surface area (Å²) in [6, 6.07) is 9.20. The highest BCUT2D eigenvalue weighted by molar-refractivity contribution is 9.10. The minimum Gasteiger partial charge on any atom is -0.320 e. The van der Waals surface area contributed by atoms with E-state index < -0.39 is 6.04 Å². The van der Waals surface area contributed by atoms with Crippen molar-refractivity contribution in [2.75, 3.05) is 0 Å². The number of benzene rings is 2. The SMILES string of the molecule is NC(c1cc(F)cc(Br)c1)c1cccc(Cl)c1Cl. The Balaban J connectivity index is 2.47. The van der Waals surface area contributed by atoms with Gasteiger partial charge in [0, 0.05) is 4.47 Å². The van der Waals surface area contributed by atoms with Crippen molar-refractivity contribution < 1.29 is 4.39 Å². The minimum absolute atomic E-state index is 0.354. The largest absolute Gasteiger partial charge is 0.320 e. The molecule has 94 valence electrons. The summed E-state index contributed by atoms with van der Waals surface area (Å²) in [5.41, 5.74) is 7.39. The lowest BCUT2D eigenvalue weighted by atomic mass is 9.99. The van der Waals surface area contributed by atoms with Crippen molar-refractivity contribution in [1.29, 1.82) is 0 Å². The minimum atomic E-state index is -0.525.